The SMILES string of the molecule is NCC(=O)OOCc1cn(-c2ccc(-c3ccc(N4C[C@H](C[C@H](O)C(=O)NC(=O)C(F)(F)F)OC4=O)cc3F)cn2)nn1. The zero-order chi connectivity index (χ0) is 31.3. The summed E-state index contributed by atoms with van der Waals surface area (Å²) >= 11 is 0. The number of imide groups is 1. The lowest BCUT2D eigenvalue weighted by atomic mass is 10.1. The normalized spacial score (nSPS) is 15.6. The third-order valence-electron chi connectivity index (χ3n) is 5.78. The number of amides is 3. The topological polar surface area (TPSA) is 201 Å². The highest BCUT2D eigenvalue weighted by Crippen LogP contribution is 2.30. The maximum atomic E-state index is 15.1. The quantitative estimate of drug-likeness (QED) is 0.165. The van der Waals surface area contributed by atoms with Crippen molar-refractivity contribution in [2.75, 3.05) is 18.0 Å². The van der Waals surface area contributed by atoms with Gasteiger partial charge in [0.05, 0.1) is 25.0 Å². The number of rotatable bonds is 10. The van der Waals surface area contributed by atoms with Gasteiger partial charge in [0.25, 0.3) is 5.91 Å². The van der Waals surface area contributed by atoms with Gasteiger partial charge in [0, 0.05) is 23.7 Å². The van der Waals surface area contributed by atoms with Crippen LogP contribution < -0.4 is 16.0 Å². The molecule has 3 heterocycles. The molecule has 19 heteroatoms. The molecule has 1 aromatic carbocycles. The highest BCUT2D eigenvalue weighted by molar-refractivity contribution is 5.99. The Kier molecular flexibility index (Phi) is 9.27. The minimum absolute atomic E-state index is 0.0685. The van der Waals surface area contributed by atoms with Crippen LogP contribution in [0.5, 0.6) is 0 Å². The van der Waals surface area contributed by atoms with Gasteiger partial charge in [-0.25, -0.2) is 23.6 Å². The van der Waals surface area contributed by atoms with E-state index >= 15 is 4.39 Å². The number of halogens is 4. The number of ether oxygens (including phenoxy) is 1. The molecule has 0 saturated carbocycles. The Balaban J connectivity index is 1.36. The number of benzene rings is 1. The van der Waals surface area contributed by atoms with Gasteiger partial charge < -0.3 is 15.6 Å². The van der Waals surface area contributed by atoms with E-state index in [0.717, 1.165) is 16.3 Å². The fraction of sp³-hybridized carbons (Fsp3) is 0.292. The van der Waals surface area contributed by atoms with Crippen LogP contribution in [-0.2, 0) is 35.5 Å². The second-order valence-electron chi connectivity index (χ2n) is 8.83. The first-order valence-electron chi connectivity index (χ1n) is 12.1. The maximum Gasteiger partial charge on any atom is 0.471 e. The van der Waals surface area contributed by atoms with Crippen molar-refractivity contribution in [2.45, 2.75) is 31.4 Å². The lowest BCUT2D eigenvalue weighted by Crippen LogP contribution is -2.46. The van der Waals surface area contributed by atoms with E-state index < -0.39 is 54.5 Å². The summed E-state index contributed by atoms with van der Waals surface area (Å²) in [5.41, 5.74) is 5.97. The molecule has 1 aliphatic heterocycles. The van der Waals surface area contributed by atoms with E-state index in [2.05, 4.69) is 20.2 Å². The third-order valence-corrected chi connectivity index (χ3v) is 5.78. The van der Waals surface area contributed by atoms with Crippen LogP contribution in [0.15, 0.2) is 42.7 Å². The molecule has 0 radical (unpaired) electrons. The number of carbonyl (C=O) groups excluding carboxylic acids is 4. The Bertz CT molecular complexity index is 1520. The zero-order valence-electron chi connectivity index (χ0n) is 21.7. The number of aromatic nitrogens is 4. The Morgan fingerprint density at radius 2 is 2.00 bits per heavy atom. The highest BCUT2D eigenvalue weighted by atomic mass is 19.4. The molecule has 1 aliphatic rings. The molecule has 0 unspecified atom stereocenters. The third kappa shape index (κ3) is 7.64. The van der Waals surface area contributed by atoms with E-state index in [1.54, 1.807) is 6.07 Å². The Morgan fingerprint density at radius 3 is 2.65 bits per heavy atom. The standard InChI is InChI=1S/C24H21F4N7O8/c25-17-5-14(34-10-15(42-23(34)40)6-18(36)21(38)31-22(39)24(26,27)28)2-3-16(17)12-1-4-19(30-8-12)35-9-13(32-33-35)11-41-43-20(37)7-29/h1-5,8-9,15,18,36H,6-7,10-11,29H2,(H,31,38,39)/t15-,18-/m0/s1. The van der Waals surface area contributed by atoms with Gasteiger partial charge in [0.2, 0.25) is 0 Å². The van der Waals surface area contributed by atoms with E-state index in [-0.39, 0.29) is 30.9 Å². The number of nitrogens with zero attached hydrogens (tertiary/aromatic N) is 5. The molecule has 3 amide bonds. The summed E-state index contributed by atoms with van der Waals surface area (Å²) in [5, 5.41) is 18.6. The van der Waals surface area contributed by atoms with Gasteiger partial charge in [-0.05, 0) is 30.3 Å². The van der Waals surface area contributed by atoms with Gasteiger partial charge in [0.15, 0.2) is 5.82 Å². The lowest BCUT2D eigenvalue weighted by molar-refractivity contribution is -0.279. The van der Waals surface area contributed by atoms with Crippen LogP contribution >= 0.6 is 0 Å². The molecule has 0 spiro atoms. The predicted octanol–water partition coefficient (Wildman–Crippen LogP) is 0.683. The number of alkyl halides is 3. The molecule has 3 aromatic rings. The zero-order valence-corrected chi connectivity index (χ0v) is 21.7. The monoisotopic (exact) mass is 611 g/mol. The van der Waals surface area contributed by atoms with Crippen LogP contribution in [0.1, 0.15) is 12.1 Å². The fourth-order valence-corrected chi connectivity index (χ4v) is 3.73. The summed E-state index contributed by atoms with van der Waals surface area (Å²) in [7, 11) is 0. The van der Waals surface area contributed by atoms with Gasteiger partial charge in [-0.1, -0.05) is 5.21 Å². The number of nitrogens with one attached hydrogen (secondary N) is 1. The number of carbonyl (C=O) groups is 4. The molecular formula is C24H21F4N7O8. The predicted molar refractivity (Wildman–Crippen MR) is 132 cm³/mol. The number of aliphatic hydroxyl groups is 1. The average Bonchev–Trinajstić information content (AvgIpc) is 3.58. The second kappa shape index (κ2) is 12.9. The number of hydrogen-bond acceptors (Lipinski definition) is 12. The van der Waals surface area contributed by atoms with Crippen molar-refractivity contribution in [1.82, 2.24) is 25.3 Å². The molecule has 4 N–H and O–H groups in total. The smallest absolute Gasteiger partial charge is 0.444 e. The molecule has 2 atom stereocenters. The van der Waals surface area contributed by atoms with E-state index in [1.165, 1.54) is 35.3 Å². The van der Waals surface area contributed by atoms with E-state index in [9.17, 15) is 37.5 Å². The summed E-state index contributed by atoms with van der Waals surface area (Å²) < 4.78 is 58.3. The first-order chi connectivity index (χ1) is 20.3. The van der Waals surface area contributed by atoms with Gasteiger partial charge in [-0.2, -0.15) is 18.1 Å². The number of pyridine rings is 1. The molecule has 1 fully saturated rings. The first kappa shape index (κ1) is 30.9. The van der Waals surface area contributed by atoms with Gasteiger partial charge >= 0.3 is 24.1 Å². The summed E-state index contributed by atoms with van der Waals surface area (Å²) in [5.74, 6) is -5.34. The van der Waals surface area contributed by atoms with Crippen molar-refractivity contribution in [3.8, 4) is 16.9 Å². The van der Waals surface area contributed by atoms with Gasteiger partial charge in [-0.3, -0.25) is 24.7 Å². The molecular weight excluding hydrogens is 590 g/mol. The largest absolute Gasteiger partial charge is 0.471 e. The van der Waals surface area contributed by atoms with Gasteiger partial charge in [0.1, 0.15) is 30.3 Å². The van der Waals surface area contributed by atoms with Crippen molar-refractivity contribution >= 4 is 29.6 Å². The molecule has 1 saturated heterocycles. The van der Waals surface area contributed by atoms with E-state index in [0.29, 0.717) is 17.1 Å². The molecule has 0 bridgehead atoms. The number of nitrogens with two attached hydrogens (primary N) is 1. The summed E-state index contributed by atoms with van der Waals surface area (Å²) in [6.07, 6.45) is -7.29. The maximum absolute atomic E-state index is 15.1. The van der Waals surface area contributed by atoms with E-state index in [4.69, 9.17) is 15.4 Å². The first-order valence-corrected chi connectivity index (χ1v) is 12.1. The van der Waals surface area contributed by atoms with Crippen LogP contribution in [0.2, 0.25) is 0 Å². The van der Waals surface area contributed by atoms with Crippen LogP contribution in [-0.4, -0.2) is 80.4 Å². The lowest BCUT2D eigenvalue weighted by Gasteiger charge is -2.16. The van der Waals surface area contributed by atoms with Crippen LogP contribution in [0, 0.1) is 5.82 Å². The fourth-order valence-electron chi connectivity index (χ4n) is 3.73. The second-order valence-corrected chi connectivity index (χ2v) is 8.83. The van der Waals surface area contributed by atoms with Crippen molar-refractivity contribution in [3.63, 3.8) is 0 Å². The Labute approximate surface area is 238 Å². The minimum Gasteiger partial charge on any atom is -0.444 e. The molecule has 4 rings (SSSR count). The minimum atomic E-state index is -5.33. The Hall–Kier alpha value is -5.01. The summed E-state index contributed by atoms with van der Waals surface area (Å²) in [6.45, 7) is -0.800. The van der Waals surface area contributed by atoms with E-state index in [1.807, 2.05) is 0 Å². The van der Waals surface area contributed by atoms with Crippen LogP contribution in [0.4, 0.5) is 28.0 Å². The van der Waals surface area contributed by atoms with Crippen molar-refractivity contribution in [2.24, 2.45) is 5.73 Å². The Morgan fingerprint density at radius 1 is 1.23 bits per heavy atom. The molecule has 228 valence electrons. The summed E-state index contributed by atoms with van der Waals surface area (Å²) in [6, 6.07) is 6.90. The molecule has 2 aromatic heterocycles. The van der Waals surface area contributed by atoms with Crippen molar-refractivity contribution in [1.29, 1.82) is 0 Å². The highest BCUT2D eigenvalue weighted by Gasteiger charge is 2.41. The van der Waals surface area contributed by atoms with Gasteiger partial charge in [-0.15, -0.1) is 5.10 Å². The average molecular weight is 611 g/mol. The number of anilines is 1. The molecule has 0 aliphatic carbocycles. The van der Waals surface area contributed by atoms with Crippen LogP contribution in [0.25, 0.3) is 16.9 Å². The van der Waals surface area contributed by atoms with Crippen molar-refractivity contribution in [3.05, 3.63) is 54.2 Å². The van der Waals surface area contributed by atoms with Crippen molar-refractivity contribution < 1.29 is 56.4 Å². The number of cyclic esters (lactones) is 1. The number of hydrogen-bond donors (Lipinski definition) is 3. The van der Waals surface area contributed by atoms with Crippen LogP contribution in [0.3, 0.4) is 0 Å². The molecule has 15 nitrogen and oxygen atoms in total. The number of aliphatic hydroxyl groups excluding tert-OH is 1. The summed E-state index contributed by atoms with van der Waals surface area (Å²) in [4.78, 5) is 60.2. The molecule has 43 heavy (non-hydrogen) atoms.